The molecule has 0 aliphatic heterocycles. The van der Waals surface area contributed by atoms with E-state index >= 15 is 0 Å². The molecule has 3 rings (SSSR count). The Hall–Kier alpha value is -1.55. The van der Waals surface area contributed by atoms with Gasteiger partial charge in [0.25, 0.3) is 0 Å². The third kappa shape index (κ3) is 2.18. The molecule has 0 aromatic heterocycles. The Morgan fingerprint density at radius 2 is 1.60 bits per heavy atom. The largest absolute Gasteiger partial charge is 0.417 e. The molecular weight excluding hydrogens is 329 g/mol. The second-order valence-corrected chi connectivity index (χ2v) is 5.49. The van der Waals surface area contributed by atoms with Gasteiger partial charge in [-0.05, 0) is 40.8 Å². The summed E-state index contributed by atoms with van der Waals surface area (Å²) in [5, 5.41) is 0. The van der Waals surface area contributed by atoms with Crippen LogP contribution in [0, 0.1) is 0 Å². The van der Waals surface area contributed by atoms with Gasteiger partial charge in [-0.15, -0.1) is 0 Å². The van der Waals surface area contributed by atoms with Crippen molar-refractivity contribution in [1.29, 1.82) is 0 Å². The molecule has 0 heterocycles. The molecule has 20 heavy (non-hydrogen) atoms. The molecule has 0 bridgehead atoms. The van der Waals surface area contributed by atoms with E-state index in [1.807, 2.05) is 24.3 Å². The maximum Gasteiger partial charge on any atom is 0.417 e. The van der Waals surface area contributed by atoms with E-state index in [2.05, 4.69) is 15.9 Å². The quantitative estimate of drug-likeness (QED) is 0.648. The van der Waals surface area contributed by atoms with Gasteiger partial charge < -0.3 is 0 Å². The van der Waals surface area contributed by atoms with Gasteiger partial charge in [-0.2, -0.15) is 13.2 Å². The van der Waals surface area contributed by atoms with Crippen LogP contribution in [0.15, 0.2) is 53.0 Å². The molecule has 0 radical (unpaired) electrons. The molecule has 0 fully saturated rings. The summed E-state index contributed by atoms with van der Waals surface area (Å²) in [6, 6.07) is 11.3. The second-order valence-electron chi connectivity index (χ2n) is 4.63. The van der Waals surface area contributed by atoms with Crippen molar-refractivity contribution in [2.24, 2.45) is 0 Å². The molecule has 102 valence electrons. The van der Waals surface area contributed by atoms with Gasteiger partial charge in [0.05, 0.1) is 5.56 Å². The number of hydrogen-bond acceptors (Lipinski definition) is 0. The van der Waals surface area contributed by atoms with Gasteiger partial charge in [0.1, 0.15) is 0 Å². The predicted molar refractivity (Wildman–Crippen MR) is 76.4 cm³/mol. The Kier molecular flexibility index (Phi) is 3.21. The average Bonchev–Trinajstić information content (AvgIpc) is 2.83. The lowest BCUT2D eigenvalue weighted by molar-refractivity contribution is -0.137. The van der Waals surface area contributed by atoms with E-state index in [0.29, 0.717) is 12.0 Å². The third-order valence-electron chi connectivity index (χ3n) is 3.44. The Morgan fingerprint density at radius 1 is 0.900 bits per heavy atom. The first-order valence-corrected chi connectivity index (χ1v) is 6.92. The smallest absolute Gasteiger partial charge is 0.166 e. The van der Waals surface area contributed by atoms with Gasteiger partial charge in [0.15, 0.2) is 0 Å². The molecule has 0 N–H and O–H groups in total. The van der Waals surface area contributed by atoms with Crippen molar-refractivity contribution in [3.63, 3.8) is 0 Å². The van der Waals surface area contributed by atoms with Gasteiger partial charge in [-0.1, -0.05) is 52.3 Å². The maximum absolute atomic E-state index is 13.1. The van der Waals surface area contributed by atoms with Crippen molar-refractivity contribution >= 4 is 21.5 Å². The van der Waals surface area contributed by atoms with E-state index < -0.39 is 11.7 Å². The minimum atomic E-state index is -4.34. The number of fused-ring (bicyclic) bond motifs is 1. The fourth-order valence-electron chi connectivity index (χ4n) is 2.55. The fraction of sp³-hybridized carbons (Fsp3) is 0.125. The average molecular weight is 339 g/mol. The van der Waals surface area contributed by atoms with Crippen LogP contribution < -0.4 is 0 Å². The van der Waals surface area contributed by atoms with Crippen LogP contribution in [0.1, 0.15) is 22.3 Å². The van der Waals surface area contributed by atoms with Crippen LogP contribution in [0.2, 0.25) is 0 Å². The first-order chi connectivity index (χ1) is 9.48. The van der Waals surface area contributed by atoms with Crippen LogP contribution in [-0.4, -0.2) is 0 Å². The summed E-state index contributed by atoms with van der Waals surface area (Å²) in [6.45, 7) is 0. The minimum absolute atomic E-state index is 0.247. The summed E-state index contributed by atoms with van der Waals surface area (Å²) in [6.07, 6.45) is -1.83. The summed E-state index contributed by atoms with van der Waals surface area (Å²) in [5.74, 6) is 0. The van der Waals surface area contributed by atoms with Crippen molar-refractivity contribution < 1.29 is 13.2 Å². The zero-order chi connectivity index (χ0) is 14.3. The van der Waals surface area contributed by atoms with E-state index in [-0.39, 0.29) is 5.56 Å². The molecule has 0 unspecified atom stereocenters. The molecule has 4 heteroatoms. The van der Waals surface area contributed by atoms with Gasteiger partial charge >= 0.3 is 6.18 Å². The molecule has 0 saturated heterocycles. The summed E-state index contributed by atoms with van der Waals surface area (Å²) in [4.78, 5) is 0. The molecule has 2 aromatic rings. The Labute approximate surface area is 123 Å². The number of rotatable bonds is 1. The number of halogens is 4. The maximum atomic E-state index is 13.1. The summed E-state index contributed by atoms with van der Waals surface area (Å²) in [7, 11) is 0. The Bertz CT molecular complexity index is 699. The normalized spacial score (nSPS) is 14.1. The van der Waals surface area contributed by atoms with Gasteiger partial charge in [0, 0.05) is 4.47 Å². The summed E-state index contributed by atoms with van der Waals surface area (Å²) >= 11 is 3.45. The summed E-state index contributed by atoms with van der Waals surface area (Å²) in [5.41, 5.74) is 2.24. The molecule has 1 aliphatic carbocycles. The van der Waals surface area contributed by atoms with E-state index in [0.717, 1.165) is 21.7 Å². The molecule has 0 atom stereocenters. The van der Waals surface area contributed by atoms with Gasteiger partial charge in [-0.3, -0.25) is 0 Å². The second kappa shape index (κ2) is 4.77. The van der Waals surface area contributed by atoms with Crippen molar-refractivity contribution in [3.05, 3.63) is 75.3 Å². The monoisotopic (exact) mass is 338 g/mol. The topological polar surface area (TPSA) is 0 Å². The first-order valence-electron chi connectivity index (χ1n) is 6.13. The van der Waals surface area contributed by atoms with Crippen molar-refractivity contribution in [2.45, 2.75) is 12.6 Å². The van der Waals surface area contributed by atoms with Crippen LogP contribution in [0.5, 0.6) is 0 Å². The van der Waals surface area contributed by atoms with Crippen LogP contribution in [0.3, 0.4) is 0 Å². The fourth-order valence-corrected chi connectivity index (χ4v) is 3.08. The zero-order valence-corrected chi connectivity index (χ0v) is 11.9. The molecule has 0 nitrogen and oxygen atoms in total. The van der Waals surface area contributed by atoms with E-state index in [4.69, 9.17) is 0 Å². The molecule has 1 aliphatic rings. The molecular formula is C16H10BrF3. The van der Waals surface area contributed by atoms with Crippen LogP contribution in [0.25, 0.3) is 5.57 Å². The Balaban J connectivity index is 2.17. The van der Waals surface area contributed by atoms with Gasteiger partial charge in [-0.25, -0.2) is 0 Å². The zero-order valence-electron chi connectivity index (χ0n) is 10.3. The van der Waals surface area contributed by atoms with Crippen molar-refractivity contribution in [2.75, 3.05) is 0 Å². The summed E-state index contributed by atoms with van der Waals surface area (Å²) < 4.78 is 40.3. The van der Waals surface area contributed by atoms with Crippen LogP contribution in [0.4, 0.5) is 13.2 Å². The highest BCUT2D eigenvalue weighted by molar-refractivity contribution is 9.10. The third-order valence-corrected chi connectivity index (χ3v) is 4.18. The van der Waals surface area contributed by atoms with Gasteiger partial charge in [0.2, 0.25) is 0 Å². The first kappa shape index (κ1) is 13.4. The molecule has 0 spiro atoms. The lowest BCUT2D eigenvalue weighted by Crippen LogP contribution is -2.08. The SMILES string of the molecule is FC(F)(F)c1ccccc1C1=CCc2c(Br)cccc21. The highest BCUT2D eigenvalue weighted by atomic mass is 79.9. The number of alkyl halides is 3. The predicted octanol–water partition coefficient (Wildman–Crippen LogP) is 5.46. The number of benzene rings is 2. The van der Waals surface area contributed by atoms with E-state index in [1.165, 1.54) is 12.1 Å². The highest BCUT2D eigenvalue weighted by Crippen LogP contribution is 2.41. The Morgan fingerprint density at radius 3 is 2.35 bits per heavy atom. The number of hydrogen-bond donors (Lipinski definition) is 0. The molecule has 0 amide bonds. The van der Waals surface area contributed by atoms with E-state index in [1.54, 1.807) is 6.07 Å². The highest BCUT2D eigenvalue weighted by Gasteiger charge is 2.34. The lowest BCUT2D eigenvalue weighted by Gasteiger charge is -2.14. The minimum Gasteiger partial charge on any atom is -0.166 e. The number of allylic oxidation sites excluding steroid dienone is 1. The molecule has 0 saturated carbocycles. The van der Waals surface area contributed by atoms with Crippen LogP contribution >= 0.6 is 15.9 Å². The standard InChI is InChI=1S/C16H10BrF3/c17-15-7-3-5-10-11(8-9-13(10)15)12-4-1-2-6-14(12)16(18,19)20/h1-8H,9H2. The van der Waals surface area contributed by atoms with Crippen molar-refractivity contribution in [3.8, 4) is 0 Å². The van der Waals surface area contributed by atoms with E-state index in [9.17, 15) is 13.2 Å². The lowest BCUT2D eigenvalue weighted by atomic mass is 9.95. The van der Waals surface area contributed by atoms with Crippen LogP contribution in [-0.2, 0) is 12.6 Å². The molecule has 2 aromatic carbocycles. The van der Waals surface area contributed by atoms with Crippen molar-refractivity contribution in [1.82, 2.24) is 0 Å².